The largest absolute Gasteiger partial charge is 0.496 e. The Hall–Kier alpha value is -3.65. The molecule has 5 rings (SSSR count). The maximum atomic E-state index is 12.6. The predicted molar refractivity (Wildman–Crippen MR) is 134 cm³/mol. The van der Waals surface area contributed by atoms with E-state index in [-0.39, 0.29) is 5.91 Å². The number of aromatic nitrogens is 2. The van der Waals surface area contributed by atoms with E-state index in [0.717, 1.165) is 43.8 Å². The number of methoxy groups -OCH3 is 1. The first-order valence-corrected chi connectivity index (χ1v) is 12.0. The summed E-state index contributed by atoms with van der Waals surface area (Å²) in [6.07, 6.45) is 3.39. The van der Waals surface area contributed by atoms with Crippen molar-refractivity contribution in [2.75, 3.05) is 38.2 Å². The quantitative estimate of drug-likeness (QED) is 0.403. The molecular formula is C26H26N4O3S. The summed E-state index contributed by atoms with van der Waals surface area (Å²) < 4.78 is 10.9. The normalized spacial score (nSPS) is 13.9. The molecule has 1 fully saturated rings. The molecule has 7 nitrogen and oxygen atoms in total. The lowest BCUT2D eigenvalue weighted by Crippen LogP contribution is -2.48. The van der Waals surface area contributed by atoms with E-state index in [0.29, 0.717) is 31.9 Å². The minimum absolute atomic E-state index is 0.0685. The van der Waals surface area contributed by atoms with Crippen LogP contribution in [0.3, 0.4) is 0 Å². The smallest absolute Gasteiger partial charge is 0.289 e. The Morgan fingerprint density at radius 2 is 1.79 bits per heavy atom. The monoisotopic (exact) mass is 474 g/mol. The van der Waals surface area contributed by atoms with Crippen LogP contribution in [0.5, 0.6) is 5.75 Å². The SMILES string of the molecule is COc1c(C)cnc(-c2sc(N3CCN(C(=O)c4ccco4)CC3)nc2-c2ccccc2)c1C. The van der Waals surface area contributed by atoms with Crippen molar-refractivity contribution in [3.05, 3.63) is 71.8 Å². The fraction of sp³-hybridized carbons (Fsp3) is 0.269. The van der Waals surface area contributed by atoms with Crippen LogP contribution in [0.1, 0.15) is 21.7 Å². The number of benzene rings is 1. The van der Waals surface area contributed by atoms with Crippen LogP contribution in [0.2, 0.25) is 0 Å². The Bertz CT molecular complexity index is 1290. The third-order valence-corrected chi connectivity index (χ3v) is 7.22. The maximum Gasteiger partial charge on any atom is 0.289 e. The average Bonchev–Trinajstić information content (AvgIpc) is 3.56. The van der Waals surface area contributed by atoms with Crippen LogP contribution >= 0.6 is 11.3 Å². The van der Waals surface area contributed by atoms with Crippen LogP contribution in [-0.2, 0) is 0 Å². The first-order chi connectivity index (χ1) is 16.6. The van der Waals surface area contributed by atoms with Crippen LogP contribution in [0.4, 0.5) is 5.13 Å². The Morgan fingerprint density at radius 3 is 2.47 bits per heavy atom. The second kappa shape index (κ2) is 9.30. The number of piperazine rings is 1. The molecule has 0 saturated carbocycles. The highest BCUT2D eigenvalue weighted by molar-refractivity contribution is 7.19. The summed E-state index contributed by atoms with van der Waals surface area (Å²) in [5, 5.41) is 0.930. The van der Waals surface area contributed by atoms with Crippen molar-refractivity contribution in [2.45, 2.75) is 13.8 Å². The van der Waals surface area contributed by atoms with Gasteiger partial charge in [-0.15, -0.1) is 0 Å². The number of anilines is 1. The molecule has 1 amide bonds. The van der Waals surface area contributed by atoms with Crippen LogP contribution in [-0.4, -0.2) is 54.1 Å². The van der Waals surface area contributed by atoms with Crippen molar-refractivity contribution in [1.29, 1.82) is 0 Å². The predicted octanol–water partition coefficient (Wildman–Crippen LogP) is 5.05. The van der Waals surface area contributed by atoms with E-state index in [1.165, 1.54) is 6.26 Å². The molecule has 0 aliphatic carbocycles. The molecule has 1 aliphatic rings. The van der Waals surface area contributed by atoms with Gasteiger partial charge in [-0.1, -0.05) is 41.7 Å². The molecule has 174 valence electrons. The zero-order valence-electron chi connectivity index (χ0n) is 19.4. The van der Waals surface area contributed by atoms with Crippen LogP contribution in [0, 0.1) is 13.8 Å². The lowest BCUT2D eigenvalue weighted by molar-refractivity contribution is 0.0714. The summed E-state index contributed by atoms with van der Waals surface area (Å²) in [4.78, 5) is 27.6. The van der Waals surface area contributed by atoms with Gasteiger partial charge in [0.05, 0.1) is 29.6 Å². The summed E-state index contributed by atoms with van der Waals surface area (Å²) in [7, 11) is 1.69. The Balaban J connectivity index is 1.47. The number of nitrogens with zero attached hydrogens (tertiary/aromatic N) is 4. The van der Waals surface area contributed by atoms with Gasteiger partial charge in [0.1, 0.15) is 5.75 Å². The van der Waals surface area contributed by atoms with Crippen molar-refractivity contribution in [3.8, 4) is 27.6 Å². The molecule has 4 heterocycles. The van der Waals surface area contributed by atoms with Crippen molar-refractivity contribution < 1.29 is 13.9 Å². The molecule has 4 aromatic rings. The van der Waals surface area contributed by atoms with Gasteiger partial charge in [-0.3, -0.25) is 9.78 Å². The number of rotatable bonds is 5. The summed E-state index contributed by atoms with van der Waals surface area (Å²) in [6.45, 7) is 6.69. The van der Waals surface area contributed by atoms with Gasteiger partial charge in [0.25, 0.3) is 5.91 Å². The van der Waals surface area contributed by atoms with Crippen molar-refractivity contribution in [2.24, 2.45) is 0 Å². The molecule has 1 aliphatic heterocycles. The summed E-state index contributed by atoms with van der Waals surface area (Å²) in [5.41, 5.74) is 4.86. The van der Waals surface area contributed by atoms with Crippen LogP contribution in [0.15, 0.2) is 59.3 Å². The van der Waals surface area contributed by atoms with E-state index >= 15 is 0 Å². The fourth-order valence-corrected chi connectivity index (χ4v) is 5.51. The van der Waals surface area contributed by atoms with Gasteiger partial charge in [-0.05, 0) is 26.0 Å². The zero-order chi connectivity index (χ0) is 23.7. The zero-order valence-corrected chi connectivity index (χ0v) is 20.3. The number of pyridine rings is 1. The summed E-state index contributed by atoms with van der Waals surface area (Å²) >= 11 is 1.64. The maximum absolute atomic E-state index is 12.6. The molecule has 3 aromatic heterocycles. The molecule has 1 saturated heterocycles. The number of furan rings is 1. The topological polar surface area (TPSA) is 71.7 Å². The summed E-state index contributed by atoms with van der Waals surface area (Å²) in [5.74, 6) is 1.16. The van der Waals surface area contributed by atoms with Gasteiger partial charge in [0.15, 0.2) is 10.9 Å². The Kier molecular flexibility index (Phi) is 6.06. The van der Waals surface area contributed by atoms with E-state index in [4.69, 9.17) is 19.1 Å². The molecular weight excluding hydrogens is 448 g/mol. The number of aryl methyl sites for hydroxylation is 1. The standard InChI is InChI=1S/C26H26N4O3S/c1-17-16-27-21(18(2)23(17)32-3)24-22(19-8-5-4-6-9-19)28-26(34-24)30-13-11-29(12-14-30)25(31)20-10-7-15-33-20/h4-10,15-16H,11-14H2,1-3H3. The fourth-order valence-electron chi connectivity index (χ4n) is 4.32. The minimum Gasteiger partial charge on any atom is -0.496 e. The third kappa shape index (κ3) is 4.05. The first-order valence-electron chi connectivity index (χ1n) is 11.2. The molecule has 0 radical (unpaired) electrons. The molecule has 8 heteroatoms. The first kappa shape index (κ1) is 22.2. The van der Waals surface area contributed by atoms with Crippen LogP contribution in [0.25, 0.3) is 21.8 Å². The number of ether oxygens (including phenoxy) is 1. The van der Waals surface area contributed by atoms with E-state index in [9.17, 15) is 4.79 Å². The third-order valence-electron chi connectivity index (χ3n) is 6.09. The highest BCUT2D eigenvalue weighted by Crippen LogP contribution is 2.42. The molecule has 0 N–H and O–H groups in total. The molecule has 1 aromatic carbocycles. The van der Waals surface area contributed by atoms with Crippen molar-refractivity contribution in [1.82, 2.24) is 14.9 Å². The summed E-state index contributed by atoms with van der Waals surface area (Å²) in [6, 6.07) is 13.6. The molecule has 0 unspecified atom stereocenters. The van der Waals surface area contributed by atoms with Crippen molar-refractivity contribution >= 4 is 22.4 Å². The van der Waals surface area contributed by atoms with Gasteiger partial charge >= 0.3 is 0 Å². The van der Waals surface area contributed by atoms with E-state index in [1.807, 2.05) is 43.1 Å². The lowest BCUT2D eigenvalue weighted by Gasteiger charge is -2.34. The van der Waals surface area contributed by atoms with Gasteiger partial charge in [0, 0.05) is 49.1 Å². The minimum atomic E-state index is -0.0685. The van der Waals surface area contributed by atoms with Crippen molar-refractivity contribution in [3.63, 3.8) is 0 Å². The molecule has 0 spiro atoms. The molecule has 0 atom stereocenters. The van der Waals surface area contributed by atoms with E-state index < -0.39 is 0 Å². The second-order valence-electron chi connectivity index (χ2n) is 8.24. The number of carbonyl (C=O) groups excluding carboxylic acids is 1. The van der Waals surface area contributed by atoms with Crippen LogP contribution < -0.4 is 9.64 Å². The molecule has 0 bridgehead atoms. The number of hydrogen-bond donors (Lipinski definition) is 0. The average molecular weight is 475 g/mol. The van der Waals surface area contributed by atoms with Gasteiger partial charge in [-0.25, -0.2) is 4.98 Å². The van der Waals surface area contributed by atoms with E-state index in [2.05, 4.69) is 17.0 Å². The number of thiazole rings is 1. The highest BCUT2D eigenvalue weighted by atomic mass is 32.1. The molecule has 34 heavy (non-hydrogen) atoms. The number of amides is 1. The number of carbonyl (C=O) groups is 1. The van der Waals surface area contributed by atoms with Gasteiger partial charge in [-0.2, -0.15) is 0 Å². The van der Waals surface area contributed by atoms with Gasteiger partial charge < -0.3 is 19.0 Å². The lowest BCUT2D eigenvalue weighted by atomic mass is 10.1. The second-order valence-corrected chi connectivity index (χ2v) is 9.22. The van der Waals surface area contributed by atoms with Gasteiger partial charge in [0.2, 0.25) is 0 Å². The number of hydrogen-bond acceptors (Lipinski definition) is 7. The highest BCUT2D eigenvalue weighted by Gasteiger charge is 2.27. The Morgan fingerprint density at radius 1 is 1.03 bits per heavy atom. The Labute approximate surface area is 202 Å². The van der Waals surface area contributed by atoms with E-state index in [1.54, 1.807) is 30.6 Å².